The van der Waals surface area contributed by atoms with Crippen molar-refractivity contribution in [2.45, 2.75) is 31.6 Å². The first kappa shape index (κ1) is 10.3. The summed E-state index contributed by atoms with van der Waals surface area (Å²) in [5.41, 5.74) is 2.45. The second-order valence-electron chi connectivity index (χ2n) is 4.35. The van der Waals surface area contributed by atoms with Crippen molar-refractivity contribution in [3.05, 3.63) is 33.8 Å². The van der Waals surface area contributed by atoms with Crippen LogP contribution in [0.2, 0.25) is 0 Å². The lowest BCUT2D eigenvalue weighted by Crippen LogP contribution is -2.48. The monoisotopic (exact) mass is 281 g/mol. The average Bonchev–Trinajstić information content (AvgIpc) is 2.55. The van der Waals surface area contributed by atoms with Gasteiger partial charge in [0, 0.05) is 10.9 Å². The molecule has 3 rings (SSSR count). The number of morpholine rings is 1. The van der Waals surface area contributed by atoms with E-state index in [1.165, 1.54) is 11.1 Å². The lowest BCUT2D eigenvalue weighted by Gasteiger charge is -2.31. The van der Waals surface area contributed by atoms with E-state index in [4.69, 9.17) is 4.74 Å². The Hall–Kier alpha value is -0.870. The van der Waals surface area contributed by atoms with Crippen LogP contribution in [0.25, 0.3) is 0 Å². The number of fused-ring (bicyclic) bond motifs is 3. The molecule has 1 saturated heterocycles. The van der Waals surface area contributed by atoms with Gasteiger partial charge in [0.15, 0.2) is 0 Å². The second-order valence-corrected chi connectivity index (χ2v) is 5.27. The molecule has 0 bridgehead atoms. The van der Waals surface area contributed by atoms with Crippen LogP contribution in [0.3, 0.4) is 0 Å². The zero-order valence-corrected chi connectivity index (χ0v) is 10.5. The molecule has 1 aromatic rings. The largest absolute Gasteiger partial charge is 0.363 e. The maximum Gasteiger partial charge on any atom is 0.249 e. The van der Waals surface area contributed by atoms with Crippen LogP contribution in [-0.2, 0) is 16.0 Å². The molecule has 84 valence electrons. The molecule has 1 amide bonds. The molecule has 1 unspecified atom stereocenters. The van der Waals surface area contributed by atoms with Gasteiger partial charge in [0.05, 0.1) is 12.1 Å². The van der Waals surface area contributed by atoms with Crippen molar-refractivity contribution in [2.24, 2.45) is 0 Å². The minimum Gasteiger partial charge on any atom is -0.363 e. The minimum atomic E-state index is -0.334. The summed E-state index contributed by atoms with van der Waals surface area (Å²) in [6.45, 7) is 1.80. The first-order chi connectivity index (χ1) is 7.65. The molecule has 1 N–H and O–H groups in total. The summed E-state index contributed by atoms with van der Waals surface area (Å²) in [6, 6.07) is 6.20. The molecule has 3 nitrogen and oxygen atoms in total. The van der Waals surface area contributed by atoms with E-state index in [2.05, 4.69) is 33.4 Å². The molecule has 0 spiro atoms. The number of benzene rings is 1. The van der Waals surface area contributed by atoms with Gasteiger partial charge >= 0.3 is 0 Å². The van der Waals surface area contributed by atoms with Crippen LogP contribution in [0.4, 0.5) is 0 Å². The summed E-state index contributed by atoms with van der Waals surface area (Å²) in [4.78, 5) is 11.6. The molecule has 3 atom stereocenters. The Morgan fingerprint density at radius 2 is 2.31 bits per heavy atom. The molecule has 1 fully saturated rings. The number of halogens is 1. The lowest BCUT2D eigenvalue weighted by atomic mass is 10.1. The van der Waals surface area contributed by atoms with Crippen molar-refractivity contribution in [3.63, 3.8) is 0 Å². The van der Waals surface area contributed by atoms with Gasteiger partial charge in [-0.1, -0.05) is 22.0 Å². The number of carbonyl (C=O) groups is 1. The van der Waals surface area contributed by atoms with E-state index < -0.39 is 0 Å². The summed E-state index contributed by atoms with van der Waals surface area (Å²) in [5.74, 6) is -0.0166. The highest BCUT2D eigenvalue weighted by Crippen LogP contribution is 2.37. The molecular weight excluding hydrogens is 270 g/mol. The Kier molecular flexibility index (Phi) is 2.30. The van der Waals surface area contributed by atoms with Crippen LogP contribution >= 0.6 is 15.9 Å². The number of hydrogen-bond donors (Lipinski definition) is 1. The number of rotatable bonds is 0. The molecular formula is C12H12BrNO2. The molecule has 0 saturated carbocycles. The van der Waals surface area contributed by atoms with E-state index in [0.29, 0.717) is 0 Å². The maximum atomic E-state index is 11.6. The van der Waals surface area contributed by atoms with Gasteiger partial charge in [0.25, 0.3) is 0 Å². The number of amides is 1. The number of nitrogens with one attached hydrogen (secondary N) is 1. The van der Waals surface area contributed by atoms with Crippen LogP contribution in [0.15, 0.2) is 22.7 Å². The Morgan fingerprint density at radius 3 is 3.12 bits per heavy atom. The van der Waals surface area contributed by atoms with E-state index in [-0.39, 0.29) is 24.2 Å². The lowest BCUT2D eigenvalue weighted by molar-refractivity contribution is -0.146. The highest BCUT2D eigenvalue weighted by atomic mass is 79.9. The predicted molar refractivity (Wildman–Crippen MR) is 63.1 cm³/mol. The SMILES string of the molecule is CC1O[C@@H]2Cc3cc(Br)ccc3[C@@H]2NC1=O. The summed E-state index contributed by atoms with van der Waals surface area (Å²) < 4.78 is 6.79. The molecule has 1 aliphatic heterocycles. The van der Waals surface area contributed by atoms with Crippen molar-refractivity contribution in [1.29, 1.82) is 0 Å². The standard InChI is InChI=1S/C12H12BrNO2/c1-6-12(15)14-11-9-3-2-8(13)4-7(9)5-10(11)16-6/h2-4,6,10-11H,5H2,1H3,(H,14,15)/t6?,10-,11+/m1/s1. The van der Waals surface area contributed by atoms with Gasteiger partial charge in [0.1, 0.15) is 6.10 Å². The Bertz CT molecular complexity index is 460. The normalized spacial score (nSPS) is 31.9. The molecule has 1 aromatic carbocycles. The summed E-state index contributed by atoms with van der Waals surface area (Å²) in [6.07, 6.45) is 0.639. The van der Waals surface area contributed by atoms with Crippen molar-refractivity contribution in [2.75, 3.05) is 0 Å². The van der Waals surface area contributed by atoms with Gasteiger partial charge in [-0.25, -0.2) is 0 Å². The van der Waals surface area contributed by atoms with E-state index >= 15 is 0 Å². The second kappa shape index (κ2) is 3.57. The van der Waals surface area contributed by atoms with Gasteiger partial charge in [-0.2, -0.15) is 0 Å². The smallest absolute Gasteiger partial charge is 0.249 e. The van der Waals surface area contributed by atoms with Crippen LogP contribution in [0.5, 0.6) is 0 Å². The molecule has 16 heavy (non-hydrogen) atoms. The molecule has 4 heteroatoms. The van der Waals surface area contributed by atoms with Gasteiger partial charge in [-0.15, -0.1) is 0 Å². The predicted octanol–water partition coefficient (Wildman–Crippen LogP) is 1.95. The van der Waals surface area contributed by atoms with Crippen molar-refractivity contribution in [1.82, 2.24) is 5.32 Å². The fourth-order valence-electron chi connectivity index (χ4n) is 2.48. The molecule has 1 aliphatic carbocycles. The third kappa shape index (κ3) is 1.48. The Balaban J connectivity index is 1.98. The minimum absolute atomic E-state index is 0.0166. The van der Waals surface area contributed by atoms with Crippen molar-refractivity contribution >= 4 is 21.8 Å². The average molecular weight is 282 g/mol. The number of carbonyl (C=O) groups excluding carboxylic acids is 1. The van der Waals surface area contributed by atoms with Crippen molar-refractivity contribution in [3.8, 4) is 0 Å². The maximum absolute atomic E-state index is 11.6. The van der Waals surface area contributed by atoms with Crippen molar-refractivity contribution < 1.29 is 9.53 Å². The molecule has 2 aliphatic rings. The van der Waals surface area contributed by atoms with Gasteiger partial charge in [-0.05, 0) is 30.2 Å². The zero-order chi connectivity index (χ0) is 11.3. The molecule has 1 heterocycles. The van der Waals surface area contributed by atoms with Crippen LogP contribution in [0.1, 0.15) is 24.1 Å². The quantitative estimate of drug-likeness (QED) is 0.790. The van der Waals surface area contributed by atoms with E-state index in [0.717, 1.165) is 10.9 Å². The Labute approximate surface area is 102 Å². The third-order valence-corrected chi connectivity index (χ3v) is 3.77. The topological polar surface area (TPSA) is 38.3 Å². The fourth-order valence-corrected chi connectivity index (χ4v) is 2.89. The Morgan fingerprint density at radius 1 is 1.50 bits per heavy atom. The first-order valence-corrected chi connectivity index (χ1v) is 6.18. The highest BCUT2D eigenvalue weighted by Gasteiger charge is 2.40. The first-order valence-electron chi connectivity index (χ1n) is 5.39. The fraction of sp³-hybridized carbons (Fsp3) is 0.417. The molecule has 0 aromatic heterocycles. The van der Waals surface area contributed by atoms with Crippen LogP contribution in [0, 0.1) is 0 Å². The third-order valence-electron chi connectivity index (χ3n) is 3.28. The summed E-state index contributed by atoms with van der Waals surface area (Å²) in [5, 5.41) is 3.02. The van der Waals surface area contributed by atoms with Gasteiger partial charge in [-0.3, -0.25) is 4.79 Å². The van der Waals surface area contributed by atoms with Crippen LogP contribution in [-0.4, -0.2) is 18.1 Å². The van der Waals surface area contributed by atoms with Crippen LogP contribution < -0.4 is 5.32 Å². The number of hydrogen-bond acceptors (Lipinski definition) is 2. The van der Waals surface area contributed by atoms with Gasteiger partial charge in [0.2, 0.25) is 5.91 Å². The summed E-state index contributed by atoms with van der Waals surface area (Å²) >= 11 is 3.46. The summed E-state index contributed by atoms with van der Waals surface area (Å²) in [7, 11) is 0. The molecule has 0 radical (unpaired) electrons. The highest BCUT2D eigenvalue weighted by molar-refractivity contribution is 9.10. The zero-order valence-electron chi connectivity index (χ0n) is 8.87. The van der Waals surface area contributed by atoms with E-state index in [9.17, 15) is 4.79 Å². The van der Waals surface area contributed by atoms with E-state index in [1.54, 1.807) is 6.92 Å². The number of ether oxygens (including phenoxy) is 1. The van der Waals surface area contributed by atoms with E-state index in [1.807, 2.05) is 6.07 Å². The van der Waals surface area contributed by atoms with Gasteiger partial charge < -0.3 is 10.1 Å².